The first-order chi connectivity index (χ1) is 16.0. The lowest BCUT2D eigenvalue weighted by Crippen LogP contribution is -2.25. The van der Waals surface area contributed by atoms with Gasteiger partial charge in [0.1, 0.15) is 7.11 Å². The molecule has 5 N–H and O–H groups in total. The quantitative estimate of drug-likeness (QED) is 0.218. The van der Waals surface area contributed by atoms with Crippen molar-refractivity contribution < 1.29 is 14.4 Å². The van der Waals surface area contributed by atoms with Gasteiger partial charge in [0.25, 0.3) is 5.91 Å². The molecule has 3 aromatic rings. The van der Waals surface area contributed by atoms with E-state index in [2.05, 4.69) is 26.1 Å². The third-order valence-corrected chi connectivity index (χ3v) is 4.74. The number of rotatable bonds is 9. The molecule has 9 nitrogen and oxygen atoms in total. The van der Waals surface area contributed by atoms with E-state index in [1.54, 1.807) is 67.0 Å². The third-order valence-electron chi connectivity index (χ3n) is 4.51. The van der Waals surface area contributed by atoms with Crippen molar-refractivity contribution in [1.82, 2.24) is 10.3 Å². The summed E-state index contributed by atoms with van der Waals surface area (Å²) in [4.78, 5) is 33.5. The zero-order valence-electron chi connectivity index (χ0n) is 17.8. The summed E-state index contributed by atoms with van der Waals surface area (Å²) in [7, 11) is 1.40. The second kappa shape index (κ2) is 11.5. The number of amidine groups is 1. The summed E-state index contributed by atoms with van der Waals surface area (Å²) in [6.07, 6.45) is 3.17. The van der Waals surface area contributed by atoms with Crippen LogP contribution in [0.5, 0.6) is 0 Å². The van der Waals surface area contributed by atoms with Crippen molar-refractivity contribution in [2.75, 3.05) is 24.3 Å². The van der Waals surface area contributed by atoms with Gasteiger partial charge >= 0.3 is 0 Å². The molecule has 0 fully saturated rings. The van der Waals surface area contributed by atoms with Gasteiger partial charge in [0, 0.05) is 34.6 Å². The summed E-state index contributed by atoms with van der Waals surface area (Å²) >= 11 is 5.97. The van der Waals surface area contributed by atoms with E-state index in [1.165, 1.54) is 7.11 Å². The van der Waals surface area contributed by atoms with Gasteiger partial charge in [-0.25, -0.2) is 0 Å². The van der Waals surface area contributed by atoms with E-state index in [0.717, 1.165) is 5.56 Å². The number of benzene rings is 2. The van der Waals surface area contributed by atoms with E-state index in [-0.39, 0.29) is 30.7 Å². The molecule has 33 heavy (non-hydrogen) atoms. The molecule has 10 heteroatoms. The Bertz CT molecular complexity index is 1150. The monoisotopic (exact) mass is 466 g/mol. The van der Waals surface area contributed by atoms with Gasteiger partial charge in [-0.05, 0) is 42.0 Å². The van der Waals surface area contributed by atoms with E-state index in [4.69, 9.17) is 22.2 Å². The maximum Gasteiger partial charge on any atom is 0.251 e. The molecule has 3 rings (SSSR count). The summed E-state index contributed by atoms with van der Waals surface area (Å²) in [6, 6.07) is 15.4. The van der Waals surface area contributed by atoms with Crippen LogP contribution < -0.4 is 21.7 Å². The van der Waals surface area contributed by atoms with Crippen molar-refractivity contribution in [1.29, 1.82) is 0 Å². The Morgan fingerprint density at radius 2 is 1.97 bits per heavy atom. The number of amides is 2. The number of carbonyl (C=O) groups excluding carboxylic acids is 2. The highest BCUT2D eigenvalue weighted by Crippen LogP contribution is 2.19. The molecule has 2 aromatic carbocycles. The largest absolute Gasteiger partial charge is 0.397 e. The minimum absolute atomic E-state index is 0.0189. The fraction of sp³-hybridized carbons (Fsp3) is 0.130. The number of hydrogen-bond acceptors (Lipinski definition) is 6. The molecule has 0 aliphatic carbocycles. The zero-order chi connectivity index (χ0) is 23.6. The van der Waals surface area contributed by atoms with Crippen molar-refractivity contribution in [3.8, 4) is 0 Å². The molecule has 0 spiro atoms. The molecule has 0 unspecified atom stereocenters. The van der Waals surface area contributed by atoms with Gasteiger partial charge in [-0.2, -0.15) is 0 Å². The fourth-order valence-corrected chi connectivity index (χ4v) is 3.12. The lowest BCUT2D eigenvalue weighted by Gasteiger charge is -2.15. The molecule has 1 heterocycles. The van der Waals surface area contributed by atoms with Gasteiger partial charge in [-0.15, -0.1) is 0 Å². The molecule has 0 radical (unpaired) electrons. The number of hydrogen-bond donors (Lipinski definition) is 4. The second-order valence-electron chi connectivity index (χ2n) is 6.87. The van der Waals surface area contributed by atoms with Gasteiger partial charge in [0.15, 0.2) is 5.84 Å². The molecule has 2 amide bonds. The first kappa shape index (κ1) is 23.6. The SMILES string of the molecule is CON=C(N)c1ccc(CNC(=O)c2cccc(Cl)c2)c(NCC(=O)Nc2cccnc2)c1. The van der Waals surface area contributed by atoms with E-state index in [9.17, 15) is 9.59 Å². The van der Waals surface area contributed by atoms with Crippen molar-refractivity contribution in [2.24, 2.45) is 10.9 Å². The van der Waals surface area contributed by atoms with E-state index in [1.807, 2.05) is 0 Å². The number of nitrogens with zero attached hydrogens (tertiary/aromatic N) is 2. The van der Waals surface area contributed by atoms with Crippen LogP contribution in [0.25, 0.3) is 0 Å². The van der Waals surface area contributed by atoms with Gasteiger partial charge < -0.3 is 26.5 Å². The highest BCUT2D eigenvalue weighted by molar-refractivity contribution is 6.30. The predicted octanol–water partition coefficient (Wildman–Crippen LogP) is 2.98. The molecule has 0 aliphatic heterocycles. The summed E-state index contributed by atoms with van der Waals surface area (Å²) in [6.45, 7) is 0.189. The summed E-state index contributed by atoms with van der Waals surface area (Å²) in [5.74, 6) is -0.363. The van der Waals surface area contributed by atoms with Crippen LogP contribution in [-0.2, 0) is 16.2 Å². The van der Waals surface area contributed by atoms with E-state index >= 15 is 0 Å². The van der Waals surface area contributed by atoms with Crippen LogP contribution in [0.1, 0.15) is 21.5 Å². The third kappa shape index (κ3) is 6.94. The first-order valence-corrected chi connectivity index (χ1v) is 10.3. The van der Waals surface area contributed by atoms with Gasteiger partial charge in [0.05, 0.1) is 18.4 Å². The van der Waals surface area contributed by atoms with Crippen LogP contribution in [0.4, 0.5) is 11.4 Å². The summed E-state index contributed by atoms with van der Waals surface area (Å²) in [5, 5.41) is 12.9. The maximum absolute atomic E-state index is 12.5. The normalized spacial score (nSPS) is 10.9. The van der Waals surface area contributed by atoms with E-state index < -0.39 is 0 Å². The summed E-state index contributed by atoms with van der Waals surface area (Å²) < 4.78 is 0. The van der Waals surface area contributed by atoms with Crippen LogP contribution in [0, 0.1) is 0 Å². The number of aromatic nitrogens is 1. The van der Waals surface area contributed by atoms with Crippen LogP contribution in [0.3, 0.4) is 0 Å². The van der Waals surface area contributed by atoms with Crippen LogP contribution >= 0.6 is 11.6 Å². The lowest BCUT2D eigenvalue weighted by atomic mass is 10.1. The Morgan fingerprint density at radius 3 is 2.70 bits per heavy atom. The molecular formula is C23H23ClN6O3. The van der Waals surface area contributed by atoms with Gasteiger partial charge in [-0.1, -0.05) is 35.0 Å². The number of nitrogens with two attached hydrogens (primary N) is 1. The Kier molecular flexibility index (Phi) is 8.20. The van der Waals surface area contributed by atoms with Crippen molar-refractivity contribution >= 4 is 40.6 Å². The van der Waals surface area contributed by atoms with Gasteiger partial charge in [-0.3, -0.25) is 14.6 Å². The smallest absolute Gasteiger partial charge is 0.251 e. The van der Waals surface area contributed by atoms with Crippen molar-refractivity contribution in [3.05, 3.63) is 88.7 Å². The van der Waals surface area contributed by atoms with Crippen LogP contribution in [0.2, 0.25) is 5.02 Å². The van der Waals surface area contributed by atoms with E-state index in [0.29, 0.717) is 27.5 Å². The number of pyridine rings is 1. The number of nitrogens with one attached hydrogen (secondary N) is 3. The van der Waals surface area contributed by atoms with Crippen molar-refractivity contribution in [2.45, 2.75) is 6.54 Å². The molecule has 0 saturated carbocycles. The highest BCUT2D eigenvalue weighted by atomic mass is 35.5. The zero-order valence-corrected chi connectivity index (χ0v) is 18.6. The number of carbonyl (C=O) groups is 2. The van der Waals surface area contributed by atoms with Crippen LogP contribution in [0.15, 0.2) is 72.1 Å². The van der Waals surface area contributed by atoms with Crippen LogP contribution in [-0.4, -0.2) is 36.3 Å². The molecule has 170 valence electrons. The Labute approximate surface area is 196 Å². The number of anilines is 2. The molecule has 0 atom stereocenters. The maximum atomic E-state index is 12.5. The Hall–Kier alpha value is -4.11. The minimum atomic E-state index is -0.276. The number of oxime groups is 1. The fourth-order valence-electron chi connectivity index (χ4n) is 2.93. The molecule has 0 bridgehead atoms. The average molecular weight is 467 g/mol. The number of halogens is 1. The molecule has 0 saturated heterocycles. The Balaban J connectivity index is 1.73. The Morgan fingerprint density at radius 1 is 1.12 bits per heavy atom. The van der Waals surface area contributed by atoms with Gasteiger partial charge in [0.2, 0.25) is 5.91 Å². The molecule has 1 aromatic heterocycles. The highest BCUT2D eigenvalue weighted by Gasteiger charge is 2.12. The lowest BCUT2D eigenvalue weighted by molar-refractivity contribution is -0.114. The minimum Gasteiger partial charge on any atom is -0.397 e. The average Bonchev–Trinajstić information content (AvgIpc) is 2.82. The standard InChI is InChI=1S/C23H23ClN6O3/c1-33-30-22(25)15-7-8-17(12-28-23(32)16-4-2-5-18(24)10-16)20(11-15)27-14-21(31)29-19-6-3-9-26-13-19/h2-11,13,27H,12,14H2,1H3,(H2,25,30)(H,28,32)(H,29,31). The first-order valence-electron chi connectivity index (χ1n) is 9.93. The molecule has 0 aliphatic rings. The second-order valence-corrected chi connectivity index (χ2v) is 7.30. The van der Waals surface area contributed by atoms with Crippen molar-refractivity contribution in [3.63, 3.8) is 0 Å². The predicted molar refractivity (Wildman–Crippen MR) is 128 cm³/mol. The molecular weight excluding hydrogens is 444 g/mol. The summed E-state index contributed by atoms with van der Waals surface area (Å²) in [5.41, 5.74) is 8.90. The topological polar surface area (TPSA) is 131 Å².